The van der Waals surface area contributed by atoms with E-state index in [0.717, 1.165) is 43.8 Å². The van der Waals surface area contributed by atoms with Crippen molar-refractivity contribution in [2.45, 2.75) is 123 Å². The average molecular weight is 506 g/mol. The summed E-state index contributed by atoms with van der Waals surface area (Å²) in [5.74, 6) is -0.387. The third-order valence-electron chi connectivity index (χ3n) is 5.55. The standard InChI is InChI=1S/C22H51NO4Si4/c1-12-16-28(6,7)25-31(26-29(8,9)17-13-2,27-30(10,11)18-14-3)21(15-4)19-20(5)22(23)24/h19,21H,12-18H2,1-11H3,(H2,23,24)/b20-19+. The fourth-order valence-corrected chi connectivity index (χ4v) is 22.7. The summed E-state index contributed by atoms with van der Waals surface area (Å²) in [5.41, 5.74) is 6.13. The van der Waals surface area contributed by atoms with Gasteiger partial charge in [-0.3, -0.25) is 4.79 Å². The van der Waals surface area contributed by atoms with E-state index < -0.39 is 33.8 Å². The van der Waals surface area contributed by atoms with E-state index in [1.165, 1.54) is 0 Å². The molecule has 184 valence electrons. The van der Waals surface area contributed by atoms with Crippen LogP contribution < -0.4 is 5.73 Å². The summed E-state index contributed by atoms with van der Waals surface area (Å²) in [5, 5.41) is 0. The number of carbonyl (C=O) groups is 1. The monoisotopic (exact) mass is 505 g/mol. The van der Waals surface area contributed by atoms with Crippen LogP contribution in [-0.4, -0.2) is 39.7 Å². The number of hydrogen-bond acceptors (Lipinski definition) is 4. The summed E-state index contributed by atoms with van der Waals surface area (Å²) < 4.78 is 21.5. The molecule has 0 aromatic heterocycles. The van der Waals surface area contributed by atoms with Gasteiger partial charge in [-0.05, 0) is 70.8 Å². The maximum atomic E-state index is 11.9. The Hall–Kier alpha value is -0.0425. The molecule has 0 saturated carbocycles. The molecule has 0 radical (unpaired) electrons. The molecule has 0 aliphatic heterocycles. The first kappa shape index (κ1) is 31.0. The minimum absolute atomic E-state index is 0.0594. The Balaban J connectivity index is 6.76. The van der Waals surface area contributed by atoms with E-state index in [2.05, 4.69) is 67.0 Å². The van der Waals surface area contributed by atoms with Crippen LogP contribution in [0.2, 0.25) is 63.0 Å². The molecule has 0 rings (SSSR count). The predicted octanol–water partition coefficient (Wildman–Crippen LogP) is 7.03. The van der Waals surface area contributed by atoms with Crippen molar-refractivity contribution in [3.8, 4) is 0 Å². The molecule has 1 unspecified atom stereocenters. The van der Waals surface area contributed by atoms with Crippen molar-refractivity contribution in [3.63, 3.8) is 0 Å². The van der Waals surface area contributed by atoms with E-state index in [1.54, 1.807) is 6.92 Å². The average Bonchev–Trinajstić information content (AvgIpc) is 2.57. The maximum absolute atomic E-state index is 11.9. The first-order valence-electron chi connectivity index (χ1n) is 12.2. The van der Waals surface area contributed by atoms with Gasteiger partial charge in [-0.25, -0.2) is 0 Å². The number of hydrogen-bond donors (Lipinski definition) is 1. The Morgan fingerprint density at radius 3 is 1.32 bits per heavy atom. The van der Waals surface area contributed by atoms with Gasteiger partial charge in [0.05, 0.1) is 0 Å². The lowest BCUT2D eigenvalue weighted by molar-refractivity contribution is -0.114. The molecule has 0 heterocycles. The Labute approximate surface area is 197 Å². The van der Waals surface area contributed by atoms with Crippen molar-refractivity contribution in [2.75, 3.05) is 0 Å². The third-order valence-corrected chi connectivity index (χ3v) is 22.2. The Kier molecular flexibility index (Phi) is 13.0. The van der Waals surface area contributed by atoms with Crippen LogP contribution >= 0.6 is 0 Å². The molecular formula is C22H51NO4Si4. The smallest absolute Gasteiger partial charge is 0.416 e. The molecule has 1 atom stereocenters. The first-order chi connectivity index (χ1) is 14.1. The van der Waals surface area contributed by atoms with Gasteiger partial charge in [0.1, 0.15) is 0 Å². The number of amides is 1. The second kappa shape index (κ2) is 13.0. The lowest BCUT2D eigenvalue weighted by Crippen LogP contribution is -2.64. The number of primary amides is 1. The summed E-state index contributed by atoms with van der Waals surface area (Å²) in [6, 6.07) is 3.19. The predicted molar refractivity (Wildman–Crippen MR) is 144 cm³/mol. The second-order valence-electron chi connectivity index (χ2n) is 10.7. The van der Waals surface area contributed by atoms with Crippen molar-refractivity contribution < 1.29 is 17.1 Å². The zero-order valence-electron chi connectivity index (χ0n) is 22.3. The quantitative estimate of drug-likeness (QED) is 0.180. The molecule has 2 N–H and O–H groups in total. The Bertz CT molecular complexity index is 544. The zero-order valence-corrected chi connectivity index (χ0v) is 26.3. The topological polar surface area (TPSA) is 70.8 Å². The van der Waals surface area contributed by atoms with Crippen molar-refractivity contribution in [2.24, 2.45) is 5.73 Å². The largest absolute Gasteiger partial charge is 0.476 e. The number of carbonyl (C=O) groups excluding carboxylic acids is 1. The molecule has 0 bridgehead atoms. The van der Waals surface area contributed by atoms with E-state index in [-0.39, 0.29) is 11.4 Å². The molecule has 0 fully saturated rings. The molecule has 0 aromatic carbocycles. The number of allylic oxidation sites excluding steroid dienone is 1. The highest BCUT2D eigenvalue weighted by molar-refractivity contribution is 6.91. The van der Waals surface area contributed by atoms with Gasteiger partial charge in [-0.2, -0.15) is 0 Å². The first-order valence-corrected chi connectivity index (χ1v) is 23.3. The summed E-state index contributed by atoms with van der Waals surface area (Å²) >= 11 is 0. The number of rotatable bonds is 16. The van der Waals surface area contributed by atoms with Gasteiger partial charge in [-0.15, -0.1) is 0 Å². The highest BCUT2D eigenvalue weighted by Crippen LogP contribution is 2.40. The molecule has 0 spiro atoms. The second-order valence-corrected chi connectivity index (χ2v) is 27.1. The Morgan fingerprint density at radius 1 is 0.774 bits per heavy atom. The fourth-order valence-electron chi connectivity index (χ4n) is 4.26. The molecule has 0 aliphatic carbocycles. The highest BCUT2D eigenvalue weighted by Gasteiger charge is 2.56. The van der Waals surface area contributed by atoms with Crippen LogP contribution in [0.15, 0.2) is 11.6 Å². The highest BCUT2D eigenvalue weighted by atomic mass is 28.5. The van der Waals surface area contributed by atoms with Crippen molar-refractivity contribution >= 4 is 39.7 Å². The van der Waals surface area contributed by atoms with Crippen LogP contribution in [0.5, 0.6) is 0 Å². The van der Waals surface area contributed by atoms with Crippen LogP contribution in [0.4, 0.5) is 0 Å². The third kappa shape index (κ3) is 11.1. The van der Waals surface area contributed by atoms with Gasteiger partial charge < -0.3 is 18.1 Å². The van der Waals surface area contributed by atoms with Crippen LogP contribution in [0.3, 0.4) is 0 Å². The molecule has 0 aromatic rings. The molecule has 1 amide bonds. The molecule has 9 heteroatoms. The van der Waals surface area contributed by atoms with Crippen LogP contribution in [-0.2, 0) is 17.1 Å². The fraction of sp³-hybridized carbons (Fsp3) is 0.864. The van der Waals surface area contributed by atoms with Crippen LogP contribution in [0.25, 0.3) is 0 Å². The van der Waals surface area contributed by atoms with Crippen molar-refractivity contribution in [3.05, 3.63) is 11.6 Å². The summed E-state index contributed by atoms with van der Waals surface area (Å²) in [6.45, 7) is 24.3. The molecule has 0 aliphatic rings. The number of nitrogens with two attached hydrogens (primary N) is 1. The van der Waals surface area contributed by atoms with Gasteiger partial charge in [0, 0.05) is 11.1 Å². The van der Waals surface area contributed by atoms with Gasteiger partial charge in [-0.1, -0.05) is 53.0 Å². The Morgan fingerprint density at radius 2 is 1.10 bits per heavy atom. The van der Waals surface area contributed by atoms with E-state index >= 15 is 0 Å². The maximum Gasteiger partial charge on any atom is 0.476 e. The summed E-state index contributed by atoms with van der Waals surface area (Å²) in [7, 11) is -9.24. The minimum atomic E-state index is -3.15. The molecule has 31 heavy (non-hydrogen) atoms. The van der Waals surface area contributed by atoms with Crippen LogP contribution in [0.1, 0.15) is 60.3 Å². The van der Waals surface area contributed by atoms with Crippen molar-refractivity contribution in [1.29, 1.82) is 0 Å². The SMILES string of the molecule is CCC[Si](C)(C)O[Si](O[Si](C)(C)CCC)(O[Si](C)(C)CCC)C(/C=C(\C)C(N)=O)CC. The van der Waals surface area contributed by atoms with Crippen LogP contribution in [0, 0.1) is 0 Å². The van der Waals surface area contributed by atoms with E-state index in [4.69, 9.17) is 18.1 Å². The molecule has 0 saturated heterocycles. The van der Waals surface area contributed by atoms with E-state index in [9.17, 15) is 4.79 Å². The van der Waals surface area contributed by atoms with Gasteiger partial charge in [0.2, 0.25) is 5.91 Å². The lowest BCUT2D eigenvalue weighted by Gasteiger charge is -2.47. The van der Waals surface area contributed by atoms with Crippen molar-refractivity contribution in [1.82, 2.24) is 0 Å². The zero-order chi connectivity index (χ0) is 24.5. The molecule has 5 nitrogen and oxygen atoms in total. The van der Waals surface area contributed by atoms with E-state index in [0.29, 0.717) is 5.57 Å². The van der Waals surface area contributed by atoms with Gasteiger partial charge in [0.25, 0.3) is 0 Å². The summed E-state index contributed by atoms with van der Waals surface area (Å²) in [4.78, 5) is 11.9. The normalized spacial score (nSPS) is 15.3. The van der Waals surface area contributed by atoms with Gasteiger partial charge >= 0.3 is 8.80 Å². The summed E-state index contributed by atoms with van der Waals surface area (Å²) in [6.07, 6.45) is 6.06. The van der Waals surface area contributed by atoms with E-state index in [1.807, 2.05) is 6.08 Å². The lowest BCUT2D eigenvalue weighted by atomic mass is 10.2. The van der Waals surface area contributed by atoms with Gasteiger partial charge in [0.15, 0.2) is 25.0 Å². The minimum Gasteiger partial charge on any atom is -0.416 e. The molecular weight excluding hydrogens is 455 g/mol.